The zero-order valence-corrected chi connectivity index (χ0v) is 14.3. The van der Waals surface area contributed by atoms with Gasteiger partial charge in [-0.05, 0) is 29.8 Å². The van der Waals surface area contributed by atoms with Crippen molar-refractivity contribution in [2.24, 2.45) is 11.5 Å². The van der Waals surface area contributed by atoms with Gasteiger partial charge in [0.1, 0.15) is 5.75 Å². The van der Waals surface area contributed by atoms with Gasteiger partial charge in [0.15, 0.2) is 11.6 Å². The van der Waals surface area contributed by atoms with Gasteiger partial charge in [-0.1, -0.05) is 36.0 Å². The molecule has 1 aliphatic rings. The lowest BCUT2D eigenvalue weighted by Gasteiger charge is -2.24. The van der Waals surface area contributed by atoms with E-state index in [1.54, 1.807) is 24.3 Å². The molecule has 0 amide bonds. The van der Waals surface area contributed by atoms with Crippen molar-refractivity contribution in [2.45, 2.75) is 5.92 Å². The highest BCUT2D eigenvalue weighted by Crippen LogP contribution is 2.43. The summed E-state index contributed by atoms with van der Waals surface area (Å²) in [7, 11) is 0. The Balaban J connectivity index is 2.08. The van der Waals surface area contributed by atoms with Crippen LogP contribution in [0.1, 0.15) is 11.5 Å². The smallest absolute Gasteiger partial charge is 0.165 e. The zero-order valence-electron chi connectivity index (χ0n) is 13.4. The van der Waals surface area contributed by atoms with Gasteiger partial charge in [-0.15, -0.1) is 0 Å². The van der Waals surface area contributed by atoms with Gasteiger partial charge in [0.05, 0.1) is 39.3 Å². The van der Waals surface area contributed by atoms with Crippen molar-refractivity contribution >= 4 is 11.8 Å². The molecule has 26 heavy (non-hydrogen) atoms. The van der Waals surface area contributed by atoms with E-state index in [-0.39, 0.29) is 27.0 Å². The summed E-state index contributed by atoms with van der Waals surface area (Å²) in [5, 5.41) is 19.4. The molecule has 0 saturated carbocycles. The number of rotatable bonds is 3. The third-order valence-electron chi connectivity index (χ3n) is 3.83. The van der Waals surface area contributed by atoms with E-state index in [4.69, 9.17) is 16.2 Å². The molecule has 7 heteroatoms. The monoisotopic (exact) mass is 364 g/mol. The number of para-hydroxylation sites is 1. The SMILES string of the molecule is N#CC1=C(N)SC(N)=C(C#N)C1c1ccc(F)c(Oc2ccccc2)c1. The number of nitriles is 2. The third-order valence-corrected chi connectivity index (χ3v) is 4.71. The van der Waals surface area contributed by atoms with Gasteiger partial charge in [-0.3, -0.25) is 0 Å². The van der Waals surface area contributed by atoms with Gasteiger partial charge in [-0.2, -0.15) is 10.5 Å². The molecule has 0 fully saturated rings. The standard InChI is InChI=1S/C19H13FN4OS/c20-15-7-6-11(8-16(15)25-12-4-2-1-3-5-12)17-13(9-21)18(23)26-19(24)14(17)10-22/h1-8,17H,23-24H2. The topological polar surface area (TPSA) is 109 Å². The number of hydrogen-bond donors (Lipinski definition) is 2. The molecule has 0 radical (unpaired) electrons. The van der Waals surface area contributed by atoms with Crippen molar-refractivity contribution in [2.75, 3.05) is 0 Å². The van der Waals surface area contributed by atoms with E-state index in [1.165, 1.54) is 18.2 Å². The van der Waals surface area contributed by atoms with Gasteiger partial charge in [0, 0.05) is 0 Å². The molecule has 0 bridgehead atoms. The molecule has 0 atom stereocenters. The minimum absolute atomic E-state index is 0.0151. The number of thioether (sulfide) groups is 1. The van der Waals surface area contributed by atoms with Crippen LogP contribution in [-0.4, -0.2) is 0 Å². The molecule has 0 saturated heterocycles. The molecule has 0 aliphatic carbocycles. The first-order valence-electron chi connectivity index (χ1n) is 7.54. The third kappa shape index (κ3) is 3.21. The molecule has 1 aliphatic heterocycles. The van der Waals surface area contributed by atoms with E-state index in [1.807, 2.05) is 18.2 Å². The van der Waals surface area contributed by atoms with Gasteiger partial charge < -0.3 is 16.2 Å². The minimum atomic E-state index is -0.759. The Morgan fingerprint density at radius 1 is 0.962 bits per heavy atom. The molecule has 0 unspecified atom stereocenters. The molecule has 2 aromatic rings. The van der Waals surface area contributed by atoms with Crippen molar-refractivity contribution in [1.82, 2.24) is 0 Å². The number of allylic oxidation sites excluding steroid dienone is 2. The average Bonchev–Trinajstić information content (AvgIpc) is 2.64. The lowest BCUT2D eigenvalue weighted by Crippen LogP contribution is -2.18. The van der Waals surface area contributed by atoms with Crippen molar-refractivity contribution in [3.05, 3.63) is 81.1 Å². The molecule has 4 N–H and O–H groups in total. The van der Waals surface area contributed by atoms with Crippen LogP contribution < -0.4 is 16.2 Å². The highest BCUT2D eigenvalue weighted by Gasteiger charge is 2.31. The maximum atomic E-state index is 14.2. The van der Waals surface area contributed by atoms with Crippen LogP contribution in [0.5, 0.6) is 11.5 Å². The Kier molecular flexibility index (Phi) is 4.83. The molecule has 3 rings (SSSR count). The first-order valence-corrected chi connectivity index (χ1v) is 8.36. The fraction of sp³-hybridized carbons (Fsp3) is 0.0526. The molecular formula is C19H13FN4OS. The number of nitrogens with zero attached hydrogens (tertiary/aromatic N) is 2. The average molecular weight is 364 g/mol. The van der Waals surface area contributed by atoms with E-state index < -0.39 is 11.7 Å². The first-order chi connectivity index (χ1) is 12.5. The van der Waals surface area contributed by atoms with Crippen molar-refractivity contribution in [1.29, 1.82) is 10.5 Å². The normalized spacial score (nSPS) is 14.7. The lowest BCUT2D eigenvalue weighted by molar-refractivity contribution is 0.441. The summed E-state index contributed by atoms with van der Waals surface area (Å²) in [5.41, 5.74) is 12.7. The summed E-state index contributed by atoms with van der Waals surface area (Å²) >= 11 is 0.979. The van der Waals surface area contributed by atoms with Gasteiger partial charge in [-0.25, -0.2) is 4.39 Å². The molecule has 5 nitrogen and oxygen atoms in total. The molecule has 1 heterocycles. The summed E-state index contributed by atoms with van der Waals surface area (Å²) in [4.78, 5) is 0. The summed E-state index contributed by atoms with van der Waals surface area (Å²) in [5.74, 6) is -0.869. The van der Waals surface area contributed by atoms with E-state index in [0.29, 0.717) is 11.3 Å². The number of halogens is 1. The van der Waals surface area contributed by atoms with Crippen LogP contribution in [0, 0.1) is 28.5 Å². The van der Waals surface area contributed by atoms with Gasteiger partial charge >= 0.3 is 0 Å². The van der Waals surface area contributed by atoms with Crippen LogP contribution in [0.3, 0.4) is 0 Å². The second-order valence-corrected chi connectivity index (χ2v) is 6.50. The van der Waals surface area contributed by atoms with E-state index in [0.717, 1.165) is 11.8 Å². The molecular weight excluding hydrogens is 351 g/mol. The van der Waals surface area contributed by atoms with Crippen LogP contribution in [0.4, 0.5) is 4.39 Å². The second-order valence-electron chi connectivity index (χ2n) is 5.42. The summed E-state index contributed by atoms with van der Waals surface area (Å²) in [6.45, 7) is 0. The van der Waals surface area contributed by atoms with E-state index in [9.17, 15) is 14.9 Å². The predicted octanol–water partition coefficient (Wildman–Crippen LogP) is 3.84. The Labute approximate surface area is 154 Å². The van der Waals surface area contributed by atoms with E-state index >= 15 is 0 Å². The van der Waals surface area contributed by atoms with Crippen LogP contribution in [0.25, 0.3) is 0 Å². The summed E-state index contributed by atoms with van der Waals surface area (Å²) in [6, 6.07) is 17.0. The van der Waals surface area contributed by atoms with Crippen LogP contribution >= 0.6 is 11.8 Å². The summed E-state index contributed by atoms with van der Waals surface area (Å²) < 4.78 is 19.8. The van der Waals surface area contributed by atoms with Crippen LogP contribution in [0.2, 0.25) is 0 Å². The second kappa shape index (κ2) is 7.22. The van der Waals surface area contributed by atoms with Crippen LogP contribution in [0.15, 0.2) is 69.7 Å². The Bertz CT molecular complexity index is 966. The number of ether oxygens (including phenoxy) is 1. The number of nitrogens with two attached hydrogens (primary N) is 2. The maximum Gasteiger partial charge on any atom is 0.165 e. The fourth-order valence-corrected chi connectivity index (χ4v) is 3.41. The lowest BCUT2D eigenvalue weighted by atomic mass is 9.85. The number of hydrogen-bond acceptors (Lipinski definition) is 6. The molecule has 0 spiro atoms. The largest absolute Gasteiger partial charge is 0.454 e. The fourth-order valence-electron chi connectivity index (χ4n) is 2.62. The zero-order chi connectivity index (χ0) is 18.7. The van der Waals surface area contributed by atoms with Crippen molar-refractivity contribution < 1.29 is 9.13 Å². The van der Waals surface area contributed by atoms with Crippen LogP contribution in [-0.2, 0) is 0 Å². The highest BCUT2D eigenvalue weighted by atomic mass is 32.2. The highest BCUT2D eigenvalue weighted by molar-refractivity contribution is 8.06. The Morgan fingerprint density at radius 3 is 2.15 bits per heavy atom. The molecule has 128 valence electrons. The Morgan fingerprint density at radius 2 is 1.58 bits per heavy atom. The summed E-state index contributed by atoms with van der Waals surface area (Å²) in [6.07, 6.45) is 0. The van der Waals surface area contributed by atoms with Crippen molar-refractivity contribution in [3.8, 4) is 23.6 Å². The maximum absolute atomic E-state index is 14.2. The predicted molar refractivity (Wildman–Crippen MR) is 96.9 cm³/mol. The molecule has 2 aromatic carbocycles. The van der Waals surface area contributed by atoms with Gasteiger partial charge in [0.2, 0.25) is 0 Å². The first kappa shape index (κ1) is 17.4. The van der Waals surface area contributed by atoms with Crippen molar-refractivity contribution in [3.63, 3.8) is 0 Å². The quantitative estimate of drug-likeness (QED) is 0.856. The van der Waals surface area contributed by atoms with Gasteiger partial charge in [0.25, 0.3) is 0 Å². The number of benzene rings is 2. The van der Waals surface area contributed by atoms with E-state index in [2.05, 4.69) is 0 Å². The Hall–Kier alpha value is -3.42. The molecule has 0 aromatic heterocycles. The minimum Gasteiger partial charge on any atom is -0.454 e.